The minimum atomic E-state index is -2.03. The molecule has 0 unspecified atom stereocenters. The van der Waals surface area contributed by atoms with Crippen molar-refractivity contribution in [3.8, 4) is 0 Å². The van der Waals surface area contributed by atoms with Gasteiger partial charge in [0.25, 0.3) is 0 Å². The van der Waals surface area contributed by atoms with Gasteiger partial charge in [0.2, 0.25) is 0 Å². The van der Waals surface area contributed by atoms with Crippen molar-refractivity contribution in [1.29, 1.82) is 0 Å². The highest BCUT2D eigenvalue weighted by atomic mass is 79.9. The maximum Gasteiger partial charge on any atom is 0.320 e. The minimum Gasteiger partial charge on any atom is -0.393 e. The highest BCUT2D eigenvalue weighted by Gasteiger charge is 2.76. The summed E-state index contributed by atoms with van der Waals surface area (Å²) < 4.78 is 5.85. The normalized spacial score (nSPS) is 24.2. The summed E-state index contributed by atoms with van der Waals surface area (Å²) in [7, 11) is 0. The van der Waals surface area contributed by atoms with Crippen LogP contribution in [-0.2, 0) is 14.3 Å². The molecule has 2 aliphatic heterocycles. The molecule has 3 aromatic carbocycles. The van der Waals surface area contributed by atoms with Crippen LogP contribution in [0.2, 0.25) is 10.0 Å². The largest absolute Gasteiger partial charge is 0.393 e. The lowest BCUT2D eigenvalue weighted by Crippen LogP contribution is -2.59. The molecule has 3 aromatic rings. The Hall–Kier alpha value is -3.00. The number of hydrogen-bond acceptors (Lipinski definition) is 6. The van der Waals surface area contributed by atoms with Gasteiger partial charge in [0, 0.05) is 20.6 Å². The number of cyclic esters (lactones) is 2. The van der Waals surface area contributed by atoms with Crippen LogP contribution in [0.4, 0.5) is 5.69 Å². The van der Waals surface area contributed by atoms with Gasteiger partial charge in [-0.15, -0.1) is 0 Å². The number of ether oxygens (including phenoxy) is 1. The zero-order valence-corrected chi connectivity index (χ0v) is 20.8. The highest BCUT2D eigenvalue weighted by Crippen LogP contribution is 2.60. The molecule has 3 aliphatic rings. The van der Waals surface area contributed by atoms with E-state index in [1.54, 1.807) is 65.6 Å². The van der Waals surface area contributed by atoms with Gasteiger partial charge < -0.3 is 9.64 Å². The van der Waals surface area contributed by atoms with E-state index in [-0.39, 0.29) is 16.1 Å². The second-order valence-corrected chi connectivity index (χ2v) is 10.4. The minimum absolute atomic E-state index is 0.177. The predicted molar refractivity (Wildman–Crippen MR) is 132 cm³/mol. The predicted octanol–water partition coefficient (Wildman–Crippen LogP) is 5.45. The molecule has 3 atom stereocenters. The van der Waals surface area contributed by atoms with E-state index in [1.165, 1.54) is 6.07 Å². The lowest BCUT2D eigenvalue weighted by atomic mass is 9.76. The standard InChI is InChI=1S/C26H14BrCl2NO5/c27-13-7-5-12(6-8-13)21-19-20(25(34)35-24(19)33)26(30(21)18-10-9-14(28)11-17(18)29)22(31)15-3-1-2-4-16(15)23(26)32/h1-11,19-21H/t19-,20+,21+/m1/s1. The number of carbonyl (C=O) groups excluding carboxylic acids is 4. The number of halogens is 3. The van der Waals surface area contributed by atoms with E-state index in [0.29, 0.717) is 16.3 Å². The number of benzene rings is 3. The van der Waals surface area contributed by atoms with Crippen molar-refractivity contribution in [2.45, 2.75) is 11.6 Å². The Bertz CT molecular complexity index is 1440. The Morgan fingerprint density at radius 2 is 1.46 bits per heavy atom. The van der Waals surface area contributed by atoms with E-state index in [2.05, 4.69) is 15.9 Å². The molecule has 35 heavy (non-hydrogen) atoms. The molecule has 0 aromatic heterocycles. The summed E-state index contributed by atoms with van der Waals surface area (Å²) in [6.45, 7) is 0. The number of fused-ring (bicyclic) bond motifs is 3. The number of ketones is 2. The lowest BCUT2D eigenvalue weighted by Gasteiger charge is -2.40. The van der Waals surface area contributed by atoms with Crippen LogP contribution < -0.4 is 4.90 Å². The van der Waals surface area contributed by atoms with Crippen LogP contribution in [0.25, 0.3) is 0 Å². The van der Waals surface area contributed by atoms with Gasteiger partial charge in [-0.05, 0) is 35.9 Å². The molecule has 9 heteroatoms. The molecular formula is C26H14BrCl2NO5. The van der Waals surface area contributed by atoms with Crippen LogP contribution in [0.3, 0.4) is 0 Å². The van der Waals surface area contributed by atoms with E-state index >= 15 is 0 Å². The average Bonchev–Trinajstić information content (AvgIpc) is 3.39. The fourth-order valence-electron chi connectivity index (χ4n) is 5.71. The molecule has 0 bridgehead atoms. The summed E-state index contributed by atoms with van der Waals surface area (Å²) >= 11 is 16.2. The SMILES string of the molecule is O=C1OC(=O)[C@@H]2[C@@H]1[C@H](c1ccc(Br)cc1)N(c1ccc(Cl)cc1Cl)C21C(=O)c2ccccc2C1=O. The lowest BCUT2D eigenvalue weighted by molar-refractivity contribution is -0.154. The zero-order valence-electron chi connectivity index (χ0n) is 17.7. The maximum atomic E-state index is 14.2. The maximum absolute atomic E-state index is 14.2. The Kier molecular flexibility index (Phi) is 4.97. The molecule has 1 spiro atoms. The Morgan fingerprint density at radius 1 is 0.829 bits per heavy atom. The number of esters is 2. The van der Waals surface area contributed by atoms with Crippen molar-refractivity contribution < 1.29 is 23.9 Å². The van der Waals surface area contributed by atoms with Crippen molar-refractivity contribution in [2.75, 3.05) is 4.90 Å². The Labute approximate surface area is 217 Å². The summed E-state index contributed by atoms with van der Waals surface area (Å²) in [6.07, 6.45) is 0. The van der Waals surface area contributed by atoms with Crippen molar-refractivity contribution in [3.05, 3.63) is 97.9 Å². The van der Waals surface area contributed by atoms with Crippen LogP contribution in [0.1, 0.15) is 32.3 Å². The molecule has 0 amide bonds. The first-order valence-corrected chi connectivity index (χ1v) is 12.3. The van der Waals surface area contributed by atoms with Gasteiger partial charge in [0.05, 0.1) is 22.7 Å². The third-order valence-electron chi connectivity index (χ3n) is 7.02. The second-order valence-electron chi connectivity index (χ2n) is 8.68. The summed E-state index contributed by atoms with van der Waals surface area (Å²) in [5.41, 5.74) is -0.722. The van der Waals surface area contributed by atoms with Crippen LogP contribution in [-0.4, -0.2) is 29.0 Å². The number of anilines is 1. The number of carbonyl (C=O) groups is 4. The van der Waals surface area contributed by atoms with E-state index in [1.807, 2.05) is 0 Å². The monoisotopic (exact) mass is 569 g/mol. The van der Waals surface area contributed by atoms with Gasteiger partial charge in [0.1, 0.15) is 5.92 Å². The highest BCUT2D eigenvalue weighted by molar-refractivity contribution is 9.10. The molecule has 0 N–H and O–H groups in total. The molecule has 6 nitrogen and oxygen atoms in total. The average molecular weight is 571 g/mol. The van der Waals surface area contributed by atoms with Gasteiger partial charge >= 0.3 is 11.9 Å². The molecule has 2 heterocycles. The summed E-state index contributed by atoms with van der Waals surface area (Å²) in [5, 5.41) is 0.534. The van der Waals surface area contributed by atoms with Gasteiger partial charge in [-0.1, -0.05) is 75.5 Å². The van der Waals surface area contributed by atoms with Gasteiger partial charge in [0.15, 0.2) is 17.1 Å². The van der Waals surface area contributed by atoms with Crippen molar-refractivity contribution in [3.63, 3.8) is 0 Å². The molecule has 6 rings (SSSR count). The molecule has 2 fully saturated rings. The first-order chi connectivity index (χ1) is 16.8. The van der Waals surface area contributed by atoms with Crippen LogP contribution in [0.5, 0.6) is 0 Å². The number of rotatable bonds is 2. The Morgan fingerprint density at radius 3 is 2.06 bits per heavy atom. The summed E-state index contributed by atoms with van der Waals surface area (Å²) in [6, 6.07) is 17.3. The topological polar surface area (TPSA) is 80.8 Å². The number of nitrogens with zero attached hydrogens (tertiary/aromatic N) is 1. The van der Waals surface area contributed by atoms with Crippen molar-refractivity contribution in [2.24, 2.45) is 11.8 Å². The van der Waals surface area contributed by atoms with Crippen LogP contribution >= 0.6 is 39.1 Å². The fourth-order valence-corrected chi connectivity index (χ4v) is 6.48. The van der Waals surface area contributed by atoms with E-state index in [0.717, 1.165) is 4.47 Å². The molecule has 174 valence electrons. The van der Waals surface area contributed by atoms with E-state index < -0.39 is 46.9 Å². The zero-order chi connectivity index (χ0) is 24.6. The molecule has 1 aliphatic carbocycles. The molecule has 2 saturated heterocycles. The van der Waals surface area contributed by atoms with Crippen molar-refractivity contribution in [1.82, 2.24) is 0 Å². The molecule has 0 saturated carbocycles. The Balaban J connectivity index is 1.70. The second kappa shape index (κ2) is 7.75. The third kappa shape index (κ3) is 2.89. The van der Waals surface area contributed by atoms with Crippen LogP contribution in [0, 0.1) is 11.8 Å². The molecular weight excluding hydrogens is 557 g/mol. The van der Waals surface area contributed by atoms with Gasteiger partial charge in [-0.2, -0.15) is 0 Å². The van der Waals surface area contributed by atoms with E-state index in [9.17, 15) is 19.2 Å². The van der Waals surface area contributed by atoms with Crippen molar-refractivity contribution >= 4 is 68.3 Å². The summed E-state index contributed by atoms with van der Waals surface area (Å²) in [4.78, 5) is 56.2. The quantitative estimate of drug-likeness (QED) is 0.301. The first-order valence-electron chi connectivity index (χ1n) is 10.7. The van der Waals surface area contributed by atoms with E-state index in [4.69, 9.17) is 27.9 Å². The smallest absolute Gasteiger partial charge is 0.320 e. The number of Topliss-reactive ketones (excluding diaryl/α,β-unsaturated/α-hetero) is 2. The third-order valence-corrected chi connectivity index (χ3v) is 8.09. The van der Waals surface area contributed by atoms with Crippen LogP contribution in [0.15, 0.2) is 71.2 Å². The van der Waals surface area contributed by atoms with Gasteiger partial charge in [-0.3, -0.25) is 19.2 Å². The molecule has 0 radical (unpaired) electrons. The first kappa shape index (κ1) is 22.5. The fraction of sp³-hybridized carbons (Fsp3) is 0.154. The van der Waals surface area contributed by atoms with Gasteiger partial charge in [-0.25, -0.2) is 0 Å². The summed E-state index contributed by atoms with van der Waals surface area (Å²) in [5.74, 6) is -5.25. The number of hydrogen-bond donors (Lipinski definition) is 0.